The lowest BCUT2D eigenvalue weighted by atomic mass is 10.3. The zero-order chi connectivity index (χ0) is 10.8. The first kappa shape index (κ1) is 9.92. The van der Waals surface area contributed by atoms with E-state index >= 15 is 0 Å². The van der Waals surface area contributed by atoms with Gasteiger partial charge in [0.2, 0.25) is 0 Å². The minimum atomic E-state index is -0.817. The van der Waals surface area contributed by atoms with Gasteiger partial charge in [0, 0.05) is 22.8 Å². The van der Waals surface area contributed by atoms with Crippen molar-refractivity contribution >= 4 is 17.3 Å². The van der Waals surface area contributed by atoms with Gasteiger partial charge < -0.3 is 10.1 Å². The van der Waals surface area contributed by atoms with Gasteiger partial charge in [0.15, 0.2) is 0 Å². The van der Waals surface area contributed by atoms with E-state index in [1.165, 1.54) is 11.3 Å². The number of nitrogens with one attached hydrogen (secondary N) is 1. The maximum absolute atomic E-state index is 10.6. The van der Waals surface area contributed by atoms with Crippen molar-refractivity contribution in [3.63, 3.8) is 0 Å². The molecule has 4 nitrogen and oxygen atoms in total. The third-order valence-corrected chi connectivity index (χ3v) is 3.26. The Bertz CT molecular complexity index is 474. The van der Waals surface area contributed by atoms with Crippen molar-refractivity contribution < 1.29 is 9.90 Å². The minimum Gasteiger partial charge on any atom is -0.481 e. The van der Waals surface area contributed by atoms with E-state index in [0.717, 1.165) is 21.1 Å². The van der Waals surface area contributed by atoms with Gasteiger partial charge in [-0.25, -0.2) is 4.98 Å². The van der Waals surface area contributed by atoms with Crippen LogP contribution in [0.25, 0.3) is 10.6 Å². The van der Waals surface area contributed by atoms with Crippen molar-refractivity contribution in [2.45, 2.75) is 13.3 Å². The van der Waals surface area contributed by atoms with E-state index in [1.54, 1.807) is 0 Å². The molecule has 0 radical (unpaired) electrons. The van der Waals surface area contributed by atoms with Crippen LogP contribution in [0.2, 0.25) is 0 Å². The van der Waals surface area contributed by atoms with Crippen molar-refractivity contribution in [1.82, 2.24) is 9.97 Å². The number of hydrogen-bond donors (Lipinski definition) is 2. The maximum Gasteiger partial charge on any atom is 0.308 e. The summed E-state index contributed by atoms with van der Waals surface area (Å²) in [5.41, 5.74) is 1.80. The number of rotatable bonds is 3. The van der Waals surface area contributed by atoms with Gasteiger partial charge in [-0.1, -0.05) is 0 Å². The van der Waals surface area contributed by atoms with Crippen LogP contribution in [0, 0.1) is 6.92 Å². The van der Waals surface area contributed by atoms with Gasteiger partial charge in [-0.3, -0.25) is 4.79 Å². The number of thiazole rings is 1. The second-order valence-electron chi connectivity index (χ2n) is 3.20. The molecule has 0 aliphatic heterocycles. The molecule has 0 spiro atoms. The highest BCUT2D eigenvalue weighted by molar-refractivity contribution is 7.15. The molecule has 0 bridgehead atoms. The van der Waals surface area contributed by atoms with Crippen LogP contribution in [-0.2, 0) is 11.2 Å². The predicted octanol–water partition coefficient (Wildman–Crippen LogP) is 2.07. The van der Waals surface area contributed by atoms with Crippen molar-refractivity contribution in [2.24, 2.45) is 0 Å². The first-order chi connectivity index (χ1) is 7.16. The molecular formula is C10H10N2O2S. The molecule has 2 rings (SSSR count). The summed E-state index contributed by atoms with van der Waals surface area (Å²) < 4.78 is 0. The Morgan fingerprint density at radius 2 is 2.47 bits per heavy atom. The number of carboxylic acid groups (broad SMARTS) is 1. The van der Waals surface area contributed by atoms with E-state index in [2.05, 4.69) is 9.97 Å². The van der Waals surface area contributed by atoms with Gasteiger partial charge in [-0.2, -0.15) is 0 Å². The molecule has 0 amide bonds. The first-order valence-corrected chi connectivity index (χ1v) is 5.29. The Morgan fingerprint density at radius 1 is 1.67 bits per heavy atom. The second-order valence-corrected chi connectivity index (χ2v) is 4.28. The summed E-state index contributed by atoms with van der Waals surface area (Å²) in [6, 6.07) is 1.92. The van der Waals surface area contributed by atoms with Crippen molar-refractivity contribution in [3.05, 3.63) is 29.0 Å². The topological polar surface area (TPSA) is 66.0 Å². The van der Waals surface area contributed by atoms with Gasteiger partial charge in [0.25, 0.3) is 0 Å². The molecule has 2 aromatic heterocycles. The highest BCUT2D eigenvalue weighted by atomic mass is 32.1. The molecule has 0 atom stereocenters. The van der Waals surface area contributed by atoms with Gasteiger partial charge >= 0.3 is 5.97 Å². The zero-order valence-corrected chi connectivity index (χ0v) is 8.97. The summed E-state index contributed by atoms with van der Waals surface area (Å²) in [6.07, 6.45) is 3.72. The van der Waals surface area contributed by atoms with Gasteiger partial charge in [0.1, 0.15) is 5.01 Å². The average Bonchev–Trinajstić information content (AvgIpc) is 2.75. The monoisotopic (exact) mass is 222 g/mol. The Hall–Kier alpha value is -1.62. The smallest absolute Gasteiger partial charge is 0.308 e. The van der Waals surface area contributed by atoms with Crippen molar-refractivity contribution in [3.8, 4) is 10.6 Å². The zero-order valence-electron chi connectivity index (χ0n) is 8.15. The molecule has 0 saturated heterocycles. The Balaban J connectivity index is 2.33. The van der Waals surface area contributed by atoms with Gasteiger partial charge in [-0.15, -0.1) is 11.3 Å². The molecule has 78 valence electrons. The van der Waals surface area contributed by atoms with Crippen LogP contribution in [-0.4, -0.2) is 21.0 Å². The van der Waals surface area contributed by atoms with Crippen LogP contribution >= 0.6 is 11.3 Å². The van der Waals surface area contributed by atoms with Crippen LogP contribution in [0.1, 0.15) is 10.6 Å². The number of aromatic amines is 1. The Kier molecular flexibility index (Phi) is 2.55. The maximum atomic E-state index is 10.6. The fourth-order valence-corrected chi connectivity index (χ4v) is 2.36. The van der Waals surface area contributed by atoms with E-state index in [9.17, 15) is 4.79 Å². The normalized spacial score (nSPS) is 10.5. The number of carbonyl (C=O) groups is 1. The molecule has 0 fully saturated rings. The highest BCUT2D eigenvalue weighted by Gasteiger charge is 2.11. The average molecular weight is 222 g/mol. The summed E-state index contributed by atoms with van der Waals surface area (Å²) in [5.74, 6) is -0.817. The highest BCUT2D eigenvalue weighted by Crippen LogP contribution is 2.27. The molecule has 2 N–H and O–H groups in total. The molecule has 5 heteroatoms. The SMILES string of the molecule is Cc1nc(-c2cc[nH]c2)sc1CC(=O)O. The van der Waals surface area contributed by atoms with Gasteiger partial charge in [-0.05, 0) is 13.0 Å². The van der Waals surface area contributed by atoms with E-state index in [1.807, 2.05) is 25.4 Å². The summed E-state index contributed by atoms with van der Waals surface area (Å²) in [7, 11) is 0. The van der Waals surface area contributed by atoms with Gasteiger partial charge in [0.05, 0.1) is 12.1 Å². The molecule has 0 aromatic carbocycles. The van der Waals surface area contributed by atoms with Crippen LogP contribution < -0.4 is 0 Å². The summed E-state index contributed by atoms with van der Waals surface area (Å²) >= 11 is 1.43. The number of carboxylic acids is 1. The third-order valence-electron chi connectivity index (χ3n) is 2.05. The number of H-pyrrole nitrogens is 1. The Morgan fingerprint density at radius 3 is 3.07 bits per heavy atom. The van der Waals surface area contributed by atoms with E-state index in [-0.39, 0.29) is 6.42 Å². The fraction of sp³-hybridized carbons (Fsp3) is 0.200. The lowest BCUT2D eigenvalue weighted by Crippen LogP contribution is -1.99. The number of nitrogens with zero attached hydrogens (tertiary/aromatic N) is 1. The van der Waals surface area contributed by atoms with Crippen LogP contribution in [0.3, 0.4) is 0 Å². The molecule has 15 heavy (non-hydrogen) atoms. The number of aromatic nitrogens is 2. The summed E-state index contributed by atoms with van der Waals surface area (Å²) in [4.78, 5) is 18.7. The lowest BCUT2D eigenvalue weighted by Gasteiger charge is -1.89. The standard InChI is InChI=1S/C10H10N2O2S/c1-6-8(4-9(13)14)15-10(12-6)7-2-3-11-5-7/h2-3,5,11H,4H2,1H3,(H,13,14). The van der Waals surface area contributed by atoms with Crippen molar-refractivity contribution in [1.29, 1.82) is 0 Å². The number of aryl methyl sites for hydroxylation is 1. The van der Waals surface area contributed by atoms with Crippen LogP contribution in [0.15, 0.2) is 18.5 Å². The quantitative estimate of drug-likeness (QED) is 0.835. The molecule has 2 aromatic rings. The van der Waals surface area contributed by atoms with E-state index in [0.29, 0.717) is 0 Å². The molecule has 0 aliphatic rings. The molecule has 0 aliphatic carbocycles. The van der Waals surface area contributed by atoms with E-state index in [4.69, 9.17) is 5.11 Å². The minimum absolute atomic E-state index is 0.0495. The lowest BCUT2D eigenvalue weighted by molar-refractivity contribution is -0.136. The predicted molar refractivity (Wildman–Crippen MR) is 58.0 cm³/mol. The summed E-state index contributed by atoms with van der Waals surface area (Å²) in [6.45, 7) is 1.84. The molecular weight excluding hydrogens is 212 g/mol. The summed E-state index contributed by atoms with van der Waals surface area (Å²) in [5, 5.41) is 9.57. The second kappa shape index (κ2) is 3.86. The van der Waals surface area contributed by atoms with E-state index < -0.39 is 5.97 Å². The number of aliphatic carboxylic acids is 1. The fourth-order valence-electron chi connectivity index (χ4n) is 1.31. The van der Waals surface area contributed by atoms with Crippen molar-refractivity contribution in [2.75, 3.05) is 0 Å². The first-order valence-electron chi connectivity index (χ1n) is 4.48. The molecule has 0 saturated carbocycles. The van der Waals surface area contributed by atoms with Crippen LogP contribution in [0.5, 0.6) is 0 Å². The molecule has 2 heterocycles. The number of hydrogen-bond acceptors (Lipinski definition) is 3. The van der Waals surface area contributed by atoms with Crippen LogP contribution in [0.4, 0.5) is 0 Å². The Labute approximate surface area is 90.6 Å². The largest absolute Gasteiger partial charge is 0.481 e. The molecule has 0 unspecified atom stereocenters. The third kappa shape index (κ3) is 2.07.